The quantitative estimate of drug-likeness (QED) is 0.252. The topological polar surface area (TPSA) is 276 Å². The first-order valence-electron chi connectivity index (χ1n) is 4.57. The number of aliphatic carboxylic acids is 3. The molecule has 0 bridgehead atoms. The van der Waals surface area contributed by atoms with Crippen molar-refractivity contribution in [2.75, 3.05) is 0 Å². The zero-order valence-corrected chi connectivity index (χ0v) is 17.8. The summed E-state index contributed by atoms with van der Waals surface area (Å²) in [4.78, 5) is 65.6. The standard InChI is InChI=1S/C6H7O7.2Fe.Na.H4O7P2/c7-3(8)1-6(13,5(11)12)2-4(9)10;;;;1-8(2,3)7-9(4,5)6/h1-2H2,(H,7,8)(H,9,10)(H,11,12);;;;(H2,1,2,3)(H2,4,5,6)/q-1;2*+3;+1;/p-6. The van der Waals surface area contributed by atoms with Crippen LogP contribution in [0, 0.1) is 0 Å². The van der Waals surface area contributed by atoms with Crippen LogP contribution in [0.15, 0.2) is 0 Å². The monoisotopic (exact) mass is 498 g/mol. The summed E-state index contributed by atoms with van der Waals surface area (Å²) in [6, 6.07) is 0. The second kappa shape index (κ2) is 14.7. The van der Waals surface area contributed by atoms with E-state index < -0.39 is 52.0 Å². The van der Waals surface area contributed by atoms with Crippen LogP contribution in [0.4, 0.5) is 0 Å². The normalized spacial score (nSPS) is 12.5. The van der Waals surface area contributed by atoms with Crippen LogP contribution in [0.3, 0.4) is 0 Å². The smallest absolute Gasteiger partial charge is 0.845 e. The maximum absolute atomic E-state index is 10.9. The molecule has 25 heavy (non-hydrogen) atoms. The summed E-state index contributed by atoms with van der Waals surface area (Å²) in [7, 11) is -11.0. The van der Waals surface area contributed by atoms with Gasteiger partial charge in [0.15, 0.2) is 0 Å². The Morgan fingerprint density at radius 3 is 1.28 bits per heavy atom. The molecule has 0 spiro atoms. The van der Waals surface area contributed by atoms with Crippen LogP contribution in [0.25, 0.3) is 0 Å². The molecule has 0 aliphatic carbocycles. The Labute approximate surface area is 182 Å². The summed E-state index contributed by atoms with van der Waals surface area (Å²) in [5, 5.41) is 40.8. The molecule has 2 radical (unpaired) electrons. The predicted octanol–water partition coefficient (Wildman–Crippen LogP) is -11.6. The molecular weight excluding hydrogens is 493 g/mol. The van der Waals surface area contributed by atoms with E-state index in [9.17, 15) is 58.6 Å². The molecule has 0 heterocycles. The van der Waals surface area contributed by atoms with E-state index >= 15 is 0 Å². The first-order chi connectivity index (χ1) is 9.48. The van der Waals surface area contributed by atoms with Crippen LogP contribution >= 0.6 is 15.6 Å². The molecule has 0 aliphatic rings. The number of hydrogen-bond acceptors (Lipinski definition) is 13. The third-order valence-electron chi connectivity index (χ3n) is 1.43. The maximum atomic E-state index is 10.9. The van der Waals surface area contributed by atoms with Crippen LogP contribution in [0.5, 0.6) is 0 Å². The Morgan fingerprint density at radius 1 is 0.920 bits per heavy atom. The SMILES string of the molecule is O=C([O-])CC([O-])(CC(=O)[O-])C(=O)[O-].O=P([O-])([O-])OP(=O)([O-])O.[Fe+3].[Fe+3].[Na+]. The van der Waals surface area contributed by atoms with Crippen molar-refractivity contribution >= 4 is 33.6 Å². The second-order valence-electron chi connectivity index (χ2n) is 3.38. The van der Waals surface area contributed by atoms with Crippen molar-refractivity contribution in [2.45, 2.75) is 18.4 Å². The van der Waals surface area contributed by atoms with Gasteiger partial charge >= 0.3 is 63.7 Å². The van der Waals surface area contributed by atoms with Gasteiger partial charge in [0.1, 0.15) is 0 Å². The molecule has 0 fully saturated rings. The second-order valence-corrected chi connectivity index (χ2v) is 5.86. The number of rotatable bonds is 7. The summed E-state index contributed by atoms with van der Waals surface area (Å²) in [6.45, 7) is 0. The third kappa shape index (κ3) is 24.7. The predicted molar refractivity (Wildman–Crippen MR) is 45.5 cm³/mol. The molecule has 1 unspecified atom stereocenters. The number of carboxylic acid groups (broad SMARTS) is 3. The van der Waals surface area contributed by atoms with Gasteiger partial charge in [-0.1, -0.05) is 5.60 Å². The molecule has 19 heteroatoms. The van der Waals surface area contributed by atoms with Gasteiger partial charge in [-0.2, -0.15) is 0 Å². The minimum absolute atomic E-state index is 0. The molecule has 0 saturated heterocycles. The molecule has 0 rings (SSSR count). The largest absolute Gasteiger partial charge is 3.00 e. The number of carbonyl (C=O) groups excluding carboxylic acids is 3. The Morgan fingerprint density at radius 2 is 1.20 bits per heavy atom. The number of hydrogen-bond donors (Lipinski definition) is 1. The van der Waals surface area contributed by atoms with Gasteiger partial charge in [0.25, 0.3) is 7.82 Å². The van der Waals surface area contributed by atoms with Crippen molar-refractivity contribution in [1.82, 2.24) is 0 Å². The van der Waals surface area contributed by atoms with E-state index in [1.54, 1.807) is 0 Å². The average Bonchev–Trinajstić information content (AvgIpc) is 2.08. The van der Waals surface area contributed by atoms with Gasteiger partial charge in [-0.3, -0.25) is 8.88 Å². The van der Waals surface area contributed by atoms with Gasteiger partial charge < -0.3 is 58.9 Å². The Kier molecular flexibility index (Phi) is 21.5. The van der Waals surface area contributed by atoms with Crippen molar-refractivity contribution < 1.29 is 132 Å². The fraction of sp³-hybridized carbons (Fsp3) is 0.500. The molecule has 0 amide bonds. The van der Waals surface area contributed by atoms with Crippen LogP contribution in [0.2, 0.25) is 0 Å². The van der Waals surface area contributed by atoms with Gasteiger partial charge in [0.2, 0.25) is 0 Å². The van der Waals surface area contributed by atoms with Crippen LogP contribution in [-0.4, -0.2) is 28.4 Å². The maximum Gasteiger partial charge on any atom is 3.00 e. The molecule has 0 aromatic carbocycles. The van der Waals surface area contributed by atoms with E-state index in [1.165, 1.54) is 0 Å². The van der Waals surface area contributed by atoms with Crippen molar-refractivity contribution in [3.05, 3.63) is 0 Å². The molecule has 0 aliphatic heterocycles. The van der Waals surface area contributed by atoms with E-state index in [1.807, 2.05) is 0 Å². The van der Waals surface area contributed by atoms with Crippen molar-refractivity contribution in [3.8, 4) is 0 Å². The molecule has 1 N–H and O–H groups in total. The Balaban J connectivity index is -0.0000001000. The van der Waals surface area contributed by atoms with E-state index in [2.05, 4.69) is 4.31 Å². The molecule has 0 aromatic heterocycles. The van der Waals surface area contributed by atoms with Gasteiger partial charge in [0.05, 0.1) is 7.82 Å². The molecule has 0 saturated carbocycles. The summed E-state index contributed by atoms with van der Waals surface area (Å²) >= 11 is 0. The van der Waals surface area contributed by atoms with Gasteiger partial charge in [-0.05, 0) is 12.8 Å². The summed E-state index contributed by atoms with van der Waals surface area (Å²) in [5.41, 5.74) is -3.22. The van der Waals surface area contributed by atoms with E-state index in [0.29, 0.717) is 0 Å². The average molecular weight is 498 g/mol. The fourth-order valence-electron chi connectivity index (χ4n) is 0.800. The van der Waals surface area contributed by atoms with Crippen LogP contribution < -0.4 is 64.7 Å². The molecule has 0 aromatic rings. The van der Waals surface area contributed by atoms with Crippen LogP contribution in [-0.2, 0) is 62.0 Å². The summed E-state index contributed by atoms with van der Waals surface area (Å²) in [6.07, 6.45) is -2.94. The van der Waals surface area contributed by atoms with Gasteiger partial charge in [-0.15, -0.1) is 0 Å². The van der Waals surface area contributed by atoms with Gasteiger partial charge in [-0.25, -0.2) is 0 Å². The van der Waals surface area contributed by atoms with Crippen molar-refractivity contribution in [2.24, 2.45) is 0 Å². The number of carbonyl (C=O) groups is 3. The van der Waals surface area contributed by atoms with Crippen molar-refractivity contribution in [1.29, 1.82) is 0 Å². The van der Waals surface area contributed by atoms with Gasteiger partial charge in [0, 0.05) is 17.9 Å². The number of carboxylic acids is 3. The fourth-order valence-corrected chi connectivity index (χ4v) is 1.81. The van der Waals surface area contributed by atoms with E-state index in [-0.39, 0.29) is 63.7 Å². The zero-order valence-electron chi connectivity index (χ0n) is 11.8. The molecule has 14 nitrogen and oxygen atoms in total. The van der Waals surface area contributed by atoms with E-state index in [0.717, 1.165) is 0 Å². The molecule has 140 valence electrons. The molecular formula is C6H5Fe2NaO14P2. The van der Waals surface area contributed by atoms with Crippen molar-refractivity contribution in [3.63, 3.8) is 0 Å². The minimum atomic E-state index is -5.61. The first kappa shape index (κ1) is 36.6. The Hall–Kier alpha value is 0.669. The minimum Gasteiger partial charge on any atom is -0.845 e. The van der Waals surface area contributed by atoms with Crippen LogP contribution in [0.1, 0.15) is 12.8 Å². The third-order valence-corrected chi connectivity index (χ3v) is 3.06. The molecule has 1 atom stereocenters. The Bertz CT molecular complexity index is 491. The number of phosphoric acid groups is 2. The van der Waals surface area contributed by atoms with E-state index in [4.69, 9.17) is 4.89 Å². The zero-order chi connectivity index (χ0) is 18.4. The summed E-state index contributed by atoms with van der Waals surface area (Å²) < 4.78 is 21.4. The summed E-state index contributed by atoms with van der Waals surface area (Å²) in [5.74, 6) is -6.22. The first-order valence-corrected chi connectivity index (χ1v) is 7.53.